The zero-order valence-corrected chi connectivity index (χ0v) is 12.5. The van der Waals surface area contributed by atoms with E-state index in [4.69, 9.17) is 0 Å². The smallest absolute Gasteiger partial charge is 0.227 e. The van der Waals surface area contributed by atoms with Gasteiger partial charge in [0.25, 0.3) is 0 Å². The number of rotatable bonds is 1. The number of anilines is 1. The van der Waals surface area contributed by atoms with Crippen LogP contribution < -0.4 is 4.90 Å². The number of nitrogens with zero attached hydrogens (tertiary/aromatic N) is 4. The Bertz CT molecular complexity index is 564. The van der Waals surface area contributed by atoms with Gasteiger partial charge >= 0.3 is 0 Å². The molecule has 1 fully saturated rings. The van der Waals surface area contributed by atoms with Crippen molar-refractivity contribution in [3.05, 3.63) is 28.0 Å². The molecule has 0 aliphatic carbocycles. The van der Waals surface area contributed by atoms with E-state index in [1.54, 1.807) is 0 Å². The molecule has 0 N–H and O–H groups in total. The van der Waals surface area contributed by atoms with E-state index in [1.807, 2.05) is 12.1 Å². The average molecular weight is 354 g/mol. The van der Waals surface area contributed by atoms with E-state index in [-0.39, 0.29) is 0 Å². The van der Waals surface area contributed by atoms with E-state index in [0.717, 1.165) is 46.7 Å². The van der Waals surface area contributed by atoms with Crippen LogP contribution in [0.3, 0.4) is 0 Å². The van der Waals surface area contributed by atoms with Crippen LogP contribution in [0.4, 0.5) is 5.95 Å². The first-order valence-corrected chi connectivity index (χ1v) is 7.18. The Morgan fingerprint density at radius 3 is 2.56 bits per heavy atom. The van der Waals surface area contributed by atoms with Gasteiger partial charge in [0.05, 0.1) is 5.52 Å². The summed E-state index contributed by atoms with van der Waals surface area (Å²) in [6, 6.07) is 8.19. The largest absolute Gasteiger partial charge is 0.338 e. The lowest BCUT2D eigenvalue weighted by Gasteiger charge is -2.32. The number of para-hydroxylation sites is 1. The summed E-state index contributed by atoms with van der Waals surface area (Å²) < 4.78 is 1.03. The molecule has 1 saturated heterocycles. The molecule has 0 saturated carbocycles. The van der Waals surface area contributed by atoms with Gasteiger partial charge in [-0.2, -0.15) is 0 Å². The molecule has 5 heteroatoms. The molecule has 2 aromatic rings. The second-order valence-electron chi connectivity index (χ2n) is 4.62. The molecule has 0 radical (unpaired) electrons. The zero-order chi connectivity index (χ0) is 12.5. The fourth-order valence-corrected chi connectivity index (χ4v) is 2.85. The Balaban J connectivity index is 1.97. The van der Waals surface area contributed by atoms with Gasteiger partial charge in [-0.15, -0.1) is 0 Å². The fraction of sp³-hybridized carbons (Fsp3) is 0.385. The maximum absolute atomic E-state index is 4.68. The van der Waals surface area contributed by atoms with Crippen LogP contribution in [-0.4, -0.2) is 48.1 Å². The maximum Gasteiger partial charge on any atom is 0.227 e. The summed E-state index contributed by atoms with van der Waals surface area (Å²) in [7, 11) is 2.16. The van der Waals surface area contributed by atoms with E-state index in [0.29, 0.717) is 0 Å². The predicted octanol–water partition coefficient (Wildman–Crippen LogP) is 1.99. The molecular formula is C13H15IN4. The molecule has 3 rings (SSSR count). The lowest BCUT2D eigenvalue weighted by atomic mass is 10.2. The molecule has 1 aromatic carbocycles. The highest BCUT2D eigenvalue weighted by Gasteiger charge is 2.17. The van der Waals surface area contributed by atoms with Crippen LogP contribution in [0.25, 0.3) is 10.9 Å². The Labute approximate surface area is 120 Å². The summed E-state index contributed by atoms with van der Waals surface area (Å²) in [5.41, 5.74) is 1.03. The minimum atomic E-state index is 0.867. The van der Waals surface area contributed by atoms with Gasteiger partial charge in [-0.05, 0) is 35.7 Å². The summed E-state index contributed by atoms with van der Waals surface area (Å²) in [5, 5.41) is 1.14. The third-order valence-corrected chi connectivity index (χ3v) is 4.15. The molecule has 18 heavy (non-hydrogen) atoms. The van der Waals surface area contributed by atoms with Gasteiger partial charge in [0.15, 0.2) is 0 Å². The minimum Gasteiger partial charge on any atom is -0.338 e. The summed E-state index contributed by atoms with van der Waals surface area (Å²) in [6.07, 6.45) is 0. The maximum atomic E-state index is 4.68. The van der Waals surface area contributed by atoms with Crippen molar-refractivity contribution in [3.63, 3.8) is 0 Å². The van der Waals surface area contributed by atoms with Crippen molar-refractivity contribution in [2.75, 3.05) is 38.1 Å². The molecule has 0 bridgehead atoms. The van der Waals surface area contributed by atoms with E-state index in [2.05, 4.69) is 61.5 Å². The van der Waals surface area contributed by atoms with Crippen molar-refractivity contribution in [2.24, 2.45) is 0 Å². The van der Waals surface area contributed by atoms with E-state index in [9.17, 15) is 0 Å². The average Bonchev–Trinajstić information content (AvgIpc) is 2.39. The lowest BCUT2D eigenvalue weighted by Crippen LogP contribution is -2.45. The first-order chi connectivity index (χ1) is 8.74. The monoisotopic (exact) mass is 354 g/mol. The normalized spacial score (nSPS) is 17.3. The molecule has 0 amide bonds. The van der Waals surface area contributed by atoms with Crippen molar-refractivity contribution in [1.82, 2.24) is 14.9 Å². The molecule has 0 unspecified atom stereocenters. The van der Waals surface area contributed by atoms with Gasteiger partial charge in [0.2, 0.25) is 5.95 Å². The molecule has 1 aliphatic heterocycles. The number of hydrogen-bond donors (Lipinski definition) is 0. The highest BCUT2D eigenvalue weighted by Crippen LogP contribution is 2.21. The number of aromatic nitrogens is 2. The van der Waals surface area contributed by atoms with Gasteiger partial charge in [-0.25, -0.2) is 9.97 Å². The Kier molecular flexibility index (Phi) is 3.34. The van der Waals surface area contributed by atoms with E-state index < -0.39 is 0 Å². The third kappa shape index (κ3) is 2.29. The molecule has 1 aliphatic rings. The van der Waals surface area contributed by atoms with Crippen molar-refractivity contribution >= 4 is 39.4 Å². The van der Waals surface area contributed by atoms with Crippen LogP contribution >= 0.6 is 22.6 Å². The molecule has 0 spiro atoms. The van der Waals surface area contributed by atoms with E-state index >= 15 is 0 Å². The Morgan fingerprint density at radius 2 is 1.78 bits per heavy atom. The van der Waals surface area contributed by atoms with Crippen LogP contribution in [0.5, 0.6) is 0 Å². The Hall–Kier alpha value is -0.950. The number of likely N-dealkylation sites (N-methyl/N-ethyl adjacent to an activating group) is 1. The summed E-state index contributed by atoms with van der Waals surface area (Å²) in [5.74, 6) is 0.867. The van der Waals surface area contributed by atoms with Gasteiger partial charge in [-0.1, -0.05) is 18.2 Å². The quantitative estimate of drug-likeness (QED) is 0.579. The molecule has 94 valence electrons. The van der Waals surface area contributed by atoms with Crippen LogP contribution in [0.2, 0.25) is 0 Å². The number of fused-ring (bicyclic) bond motifs is 1. The highest BCUT2D eigenvalue weighted by atomic mass is 127. The van der Waals surface area contributed by atoms with Crippen molar-refractivity contribution < 1.29 is 0 Å². The second-order valence-corrected chi connectivity index (χ2v) is 5.64. The van der Waals surface area contributed by atoms with Crippen LogP contribution in [0.1, 0.15) is 0 Å². The number of benzene rings is 1. The fourth-order valence-electron chi connectivity index (χ4n) is 2.17. The van der Waals surface area contributed by atoms with Crippen molar-refractivity contribution in [3.8, 4) is 0 Å². The highest BCUT2D eigenvalue weighted by molar-refractivity contribution is 14.1. The van der Waals surface area contributed by atoms with Crippen molar-refractivity contribution in [2.45, 2.75) is 0 Å². The molecule has 4 nitrogen and oxygen atoms in total. The predicted molar refractivity (Wildman–Crippen MR) is 82.0 cm³/mol. The topological polar surface area (TPSA) is 32.3 Å². The first-order valence-electron chi connectivity index (χ1n) is 6.10. The van der Waals surface area contributed by atoms with Gasteiger partial charge in [-0.3, -0.25) is 0 Å². The number of halogens is 1. The van der Waals surface area contributed by atoms with Gasteiger partial charge in [0, 0.05) is 31.6 Å². The van der Waals surface area contributed by atoms with E-state index in [1.165, 1.54) is 0 Å². The first kappa shape index (κ1) is 12.1. The Morgan fingerprint density at radius 1 is 1.06 bits per heavy atom. The molecule has 1 aromatic heterocycles. The second kappa shape index (κ2) is 4.97. The minimum absolute atomic E-state index is 0.867. The summed E-state index contributed by atoms with van der Waals surface area (Å²) in [6.45, 7) is 4.16. The third-order valence-electron chi connectivity index (χ3n) is 3.33. The number of hydrogen-bond acceptors (Lipinski definition) is 4. The molecule has 0 atom stereocenters. The summed E-state index contributed by atoms with van der Waals surface area (Å²) in [4.78, 5) is 13.9. The standard InChI is InChI=1S/C13H15IN4/c1-17-6-8-18(9-7-17)13-15-11-5-3-2-4-10(11)12(14)16-13/h2-5H,6-9H2,1H3. The summed E-state index contributed by atoms with van der Waals surface area (Å²) >= 11 is 2.30. The number of piperazine rings is 1. The lowest BCUT2D eigenvalue weighted by molar-refractivity contribution is 0.311. The molecule has 2 heterocycles. The van der Waals surface area contributed by atoms with Crippen LogP contribution in [0, 0.1) is 3.70 Å². The van der Waals surface area contributed by atoms with Crippen LogP contribution in [0.15, 0.2) is 24.3 Å². The van der Waals surface area contributed by atoms with Gasteiger partial charge in [0.1, 0.15) is 3.70 Å². The SMILES string of the molecule is CN1CCN(c2nc(I)c3ccccc3n2)CC1. The van der Waals surface area contributed by atoms with Crippen molar-refractivity contribution in [1.29, 1.82) is 0 Å². The van der Waals surface area contributed by atoms with Crippen LogP contribution in [-0.2, 0) is 0 Å². The van der Waals surface area contributed by atoms with Gasteiger partial charge < -0.3 is 9.80 Å². The zero-order valence-electron chi connectivity index (χ0n) is 10.3. The molecular weight excluding hydrogens is 339 g/mol.